The van der Waals surface area contributed by atoms with E-state index in [0.717, 1.165) is 30.7 Å². The molecule has 1 N–H and O–H groups in total. The molecule has 96 valence electrons. The molecule has 1 aromatic rings. The Morgan fingerprint density at radius 1 is 1.41 bits per heavy atom. The van der Waals surface area contributed by atoms with Crippen molar-refractivity contribution in [3.8, 4) is 0 Å². The Morgan fingerprint density at radius 2 is 2.06 bits per heavy atom. The van der Waals surface area contributed by atoms with Crippen molar-refractivity contribution in [3.05, 3.63) is 17.0 Å². The number of aliphatic carboxylic acids is 1. The molecule has 1 atom stereocenters. The lowest BCUT2D eigenvalue weighted by Crippen LogP contribution is -2.21. The van der Waals surface area contributed by atoms with Gasteiger partial charge in [-0.2, -0.15) is 5.10 Å². The third kappa shape index (κ3) is 2.87. The first-order valence-electron chi connectivity index (χ1n) is 6.30. The van der Waals surface area contributed by atoms with Gasteiger partial charge in [-0.3, -0.25) is 4.68 Å². The van der Waals surface area contributed by atoms with E-state index in [1.54, 1.807) is 4.68 Å². The first kappa shape index (κ1) is 13.7. The number of carbonyl (C=O) groups is 1. The minimum atomic E-state index is -0.785. The Labute approximate surface area is 103 Å². The predicted molar refractivity (Wildman–Crippen MR) is 67.3 cm³/mol. The van der Waals surface area contributed by atoms with E-state index in [1.807, 2.05) is 13.8 Å². The number of nitrogens with zero attached hydrogens (tertiary/aromatic N) is 2. The third-order valence-electron chi connectivity index (χ3n) is 3.24. The van der Waals surface area contributed by atoms with Crippen LogP contribution in [0.1, 0.15) is 56.1 Å². The lowest BCUT2D eigenvalue weighted by molar-refractivity contribution is -0.141. The SMILES string of the molecule is CCCCC(C(=O)O)n1nc(C)c(CC)c1C. The van der Waals surface area contributed by atoms with Crippen LogP contribution in [-0.2, 0) is 11.2 Å². The highest BCUT2D eigenvalue weighted by atomic mass is 16.4. The molecule has 0 fully saturated rings. The summed E-state index contributed by atoms with van der Waals surface area (Å²) in [4.78, 5) is 11.3. The van der Waals surface area contributed by atoms with E-state index >= 15 is 0 Å². The number of aryl methyl sites for hydroxylation is 1. The van der Waals surface area contributed by atoms with E-state index in [1.165, 1.54) is 5.56 Å². The number of carboxylic acids is 1. The molecular weight excluding hydrogens is 216 g/mol. The lowest BCUT2D eigenvalue weighted by Gasteiger charge is -2.14. The molecule has 0 amide bonds. The molecule has 1 unspecified atom stereocenters. The van der Waals surface area contributed by atoms with E-state index in [9.17, 15) is 9.90 Å². The molecule has 0 saturated carbocycles. The predicted octanol–water partition coefficient (Wildman–Crippen LogP) is 2.88. The second-order valence-corrected chi connectivity index (χ2v) is 4.44. The summed E-state index contributed by atoms with van der Waals surface area (Å²) in [6.45, 7) is 8.04. The number of hydrogen-bond acceptors (Lipinski definition) is 2. The van der Waals surface area contributed by atoms with E-state index in [-0.39, 0.29) is 0 Å². The van der Waals surface area contributed by atoms with Crippen molar-refractivity contribution in [3.63, 3.8) is 0 Å². The molecule has 0 aliphatic rings. The third-order valence-corrected chi connectivity index (χ3v) is 3.24. The summed E-state index contributed by atoms with van der Waals surface area (Å²) in [5.41, 5.74) is 3.12. The molecule has 0 spiro atoms. The first-order valence-corrected chi connectivity index (χ1v) is 6.30. The van der Waals surface area contributed by atoms with Gasteiger partial charge in [0.2, 0.25) is 0 Å². The molecule has 17 heavy (non-hydrogen) atoms. The monoisotopic (exact) mass is 238 g/mol. The van der Waals surface area contributed by atoms with Crippen molar-refractivity contribution in [2.75, 3.05) is 0 Å². The van der Waals surface area contributed by atoms with Gasteiger partial charge < -0.3 is 5.11 Å². The quantitative estimate of drug-likeness (QED) is 0.829. The molecule has 1 rings (SSSR count). The minimum Gasteiger partial charge on any atom is -0.480 e. The Kier molecular flexibility index (Phi) is 4.73. The summed E-state index contributed by atoms with van der Waals surface area (Å²) in [5, 5.41) is 13.7. The molecule has 0 aromatic carbocycles. The largest absolute Gasteiger partial charge is 0.480 e. The van der Waals surface area contributed by atoms with Crippen LogP contribution < -0.4 is 0 Å². The Bertz CT molecular complexity index is 396. The van der Waals surface area contributed by atoms with Crippen LogP contribution in [0, 0.1) is 13.8 Å². The van der Waals surface area contributed by atoms with Crippen LogP contribution in [0.25, 0.3) is 0 Å². The first-order chi connectivity index (χ1) is 8.02. The molecule has 1 aromatic heterocycles. The number of aromatic nitrogens is 2. The number of unbranched alkanes of at least 4 members (excludes halogenated alkanes) is 1. The molecule has 0 aliphatic carbocycles. The van der Waals surface area contributed by atoms with Gasteiger partial charge in [-0.15, -0.1) is 0 Å². The summed E-state index contributed by atoms with van der Waals surface area (Å²) in [7, 11) is 0. The fourth-order valence-electron chi connectivity index (χ4n) is 2.26. The maximum Gasteiger partial charge on any atom is 0.328 e. The van der Waals surface area contributed by atoms with Gasteiger partial charge in [-0.1, -0.05) is 26.7 Å². The van der Waals surface area contributed by atoms with Gasteiger partial charge in [-0.25, -0.2) is 4.79 Å². The summed E-state index contributed by atoms with van der Waals surface area (Å²) >= 11 is 0. The molecule has 4 heteroatoms. The van der Waals surface area contributed by atoms with Gasteiger partial charge in [-0.05, 0) is 32.3 Å². The van der Waals surface area contributed by atoms with Gasteiger partial charge >= 0.3 is 5.97 Å². The number of rotatable bonds is 6. The highest BCUT2D eigenvalue weighted by Crippen LogP contribution is 2.22. The van der Waals surface area contributed by atoms with Crippen LogP contribution in [0.4, 0.5) is 0 Å². The zero-order valence-electron chi connectivity index (χ0n) is 11.2. The fraction of sp³-hybridized carbons (Fsp3) is 0.692. The Balaban J connectivity index is 3.06. The molecule has 0 bridgehead atoms. The normalized spacial score (nSPS) is 12.7. The molecule has 0 aliphatic heterocycles. The average Bonchev–Trinajstić information content (AvgIpc) is 2.54. The van der Waals surface area contributed by atoms with E-state index in [2.05, 4.69) is 18.9 Å². The molecule has 0 radical (unpaired) electrons. The molecule has 0 saturated heterocycles. The smallest absolute Gasteiger partial charge is 0.328 e. The summed E-state index contributed by atoms with van der Waals surface area (Å²) in [5.74, 6) is -0.785. The number of carboxylic acid groups (broad SMARTS) is 1. The highest BCUT2D eigenvalue weighted by molar-refractivity contribution is 5.71. The van der Waals surface area contributed by atoms with Crippen molar-refractivity contribution in [2.24, 2.45) is 0 Å². The minimum absolute atomic E-state index is 0.519. The van der Waals surface area contributed by atoms with E-state index in [4.69, 9.17) is 0 Å². The molecule has 4 nitrogen and oxygen atoms in total. The maximum atomic E-state index is 11.3. The second kappa shape index (κ2) is 5.84. The zero-order valence-corrected chi connectivity index (χ0v) is 11.2. The standard InChI is InChI=1S/C13H22N2O2/c1-5-7-8-12(13(16)17)15-10(4)11(6-2)9(3)14-15/h12H,5-8H2,1-4H3,(H,16,17). The van der Waals surface area contributed by atoms with Crippen LogP contribution in [0.2, 0.25) is 0 Å². The van der Waals surface area contributed by atoms with Crippen molar-refractivity contribution in [1.29, 1.82) is 0 Å². The topological polar surface area (TPSA) is 55.1 Å². The molecule has 1 heterocycles. The van der Waals surface area contributed by atoms with Crippen molar-refractivity contribution >= 4 is 5.97 Å². The van der Waals surface area contributed by atoms with E-state index in [0.29, 0.717) is 6.42 Å². The van der Waals surface area contributed by atoms with Gasteiger partial charge in [0.15, 0.2) is 0 Å². The summed E-state index contributed by atoms with van der Waals surface area (Å²) in [6.07, 6.45) is 3.47. The van der Waals surface area contributed by atoms with Crippen LogP contribution in [0.3, 0.4) is 0 Å². The average molecular weight is 238 g/mol. The Morgan fingerprint density at radius 3 is 2.47 bits per heavy atom. The summed E-state index contributed by atoms with van der Waals surface area (Å²) < 4.78 is 1.69. The van der Waals surface area contributed by atoms with Gasteiger partial charge in [0.25, 0.3) is 0 Å². The number of hydrogen-bond donors (Lipinski definition) is 1. The highest BCUT2D eigenvalue weighted by Gasteiger charge is 2.23. The second-order valence-electron chi connectivity index (χ2n) is 4.44. The van der Waals surface area contributed by atoms with Crippen LogP contribution in [-0.4, -0.2) is 20.9 Å². The zero-order chi connectivity index (χ0) is 13.0. The maximum absolute atomic E-state index is 11.3. The van der Waals surface area contributed by atoms with Crippen molar-refractivity contribution in [2.45, 2.75) is 59.4 Å². The van der Waals surface area contributed by atoms with Crippen LogP contribution >= 0.6 is 0 Å². The summed E-state index contributed by atoms with van der Waals surface area (Å²) in [6, 6.07) is -0.519. The van der Waals surface area contributed by atoms with Gasteiger partial charge in [0, 0.05) is 5.69 Å². The van der Waals surface area contributed by atoms with E-state index < -0.39 is 12.0 Å². The Hall–Kier alpha value is -1.32. The van der Waals surface area contributed by atoms with Crippen molar-refractivity contribution in [1.82, 2.24) is 9.78 Å². The lowest BCUT2D eigenvalue weighted by atomic mass is 10.1. The van der Waals surface area contributed by atoms with Gasteiger partial charge in [0.1, 0.15) is 6.04 Å². The molecular formula is C13H22N2O2. The van der Waals surface area contributed by atoms with Crippen molar-refractivity contribution < 1.29 is 9.90 Å². The van der Waals surface area contributed by atoms with Crippen LogP contribution in [0.15, 0.2) is 0 Å². The van der Waals surface area contributed by atoms with Gasteiger partial charge in [0.05, 0.1) is 5.69 Å². The van der Waals surface area contributed by atoms with Crippen LogP contribution in [0.5, 0.6) is 0 Å². The fourth-order valence-corrected chi connectivity index (χ4v) is 2.26.